The minimum Gasteiger partial charge on any atom is -0.310 e. The van der Waals surface area contributed by atoms with Crippen molar-refractivity contribution in [3.8, 4) is 0 Å². The Bertz CT molecular complexity index is 599. The summed E-state index contributed by atoms with van der Waals surface area (Å²) in [5, 5.41) is 5.04. The van der Waals surface area contributed by atoms with Gasteiger partial charge >= 0.3 is 0 Å². The van der Waals surface area contributed by atoms with E-state index in [0.717, 1.165) is 29.9 Å². The Morgan fingerprint density at radius 3 is 2.80 bits per heavy atom. The molecule has 104 valence electrons. The summed E-state index contributed by atoms with van der Waals surface area (Å²) in [5.74, 6) is 1.93. The van der Waals surface area contributed by atoms with Crippen molar-refractivity contribution in [2.75, 3.05) is 0 Å². The molecule has 0 aliphatic heterocycles. The molecule has 20 heavy (non-hydrogen) atoms. The molecule has 1 unspecified atom stereocenters. The smallest absolute Gasteiger partial charge is 0.0705 e. The zero-order valence-corrected chi connectivity index (χ0v) is 11.9. The van der Waals surface area contributed by atoms with E-state index in [2.05, 4.69) is 34.6 Å². The highest BCUT2D eigenvalue weighted by Gasteiger charge is 2.34. The zero-order valence-electron chi connectivity index (χ0n) is 11.9. The first-order valence-electron chi connectivity index (χ1n) is 7.95. The third kappa shape index (κ3) is 2.33. The third-order valence-corrected chi connectivity index (χ3v) is 5.29. The highest BCUT2D eigenvalue weighted by molar-refractivity contribution is 5.78. The van der Waals surface area contributed by atoms with Gasteiger partial charge in [0.05, 0.1) is 5.52 Å². The number of nitrogens with one attached hydrogen (secondary N) is 1. The predicted molar refractivity (Wildman–Crippen MR) is 82.4 cm³/mol. The molecule has 0 spiro atoms. The normalized spacial score (nSPS) is 28.9. The maximum absolute atomic E-state index is 4.45. The van der Waals surface area contributed by atoms with Gasteiger partial charge in [-0.1, -0.05) is 31.0 Å². The molecule has 1 aromatic heterocycles. The molecule has 2 bridgehead atoms. The molecular formula is C18H22N2. The van der Waals surface area contributed by atoms with Crippen LogP contribution in [0.4, 0.5) is 0 Å². The zero-order chi connectivity index (χ0) is 13.4. The molecule has 3 aliphatic carbocycles. The second kappa shape index (κ2) is 5.17. The van der Waals surface area contributed by atoms with Crippen LogP contribution in [-0.2, 0) is 6.54 Å². The van der Waals surface area contributed by atoms with Gasteiger partial charge in [-0.15, -0.1) is 0 Å². The average molecular weight is 266 g/mol. The highest BCUT2D eigenvalue weighted by atomic mass is 14.9. The topological polar surface area (TPSA) is 24.9 Å². The minimum atomic E-state index is 0.752. The van der Waals surface area contributed by atoms with Crippen LogP contribution in [-0.4, -0.2) is 11.0 Å². The fourth-order valence-electron chi connectivity index (χ4n) is 4.10. The summed E-state index contributed by atoms with van der Waals surface area (Å²) in [6, 6.07) is 11.5. The molecule has 1 heterocycles. The van der Waals surface area contributed by atoms with E-state index in [1.165, 1.54) is 43.1 Å². The van der Waals surface area contributed by atoms with Gasteiger partial charge in [0.15, 0.2) is 0 Å². The first-order valence-corrected chi connectivity index (χ1v) is 7.95. The van der Waals surface area contributed by atoms with Gasteiger partial charge < -0.3 is 5.32 Å². The van der Waals surface area contributed by atoms with Gasteiger partial charge in [-0.05, 0) is 48.8 Å². The molecule has 1 aromatic carbocycles. The first-order chi connectivity index (χ1) is 9.88. The fourth-order valence-corrected chi connectivity index (χ4v) is 4.10. The molecule has 0 radical (unpaired) electrons. The number of hydrogen-bond donors (Lipinski definition) is 1. The number of pyridine rings is 1. The van der Waals surface area contributed by atoms with Crippen LogP contribution in [0.2, 0.25) is 0 Å². The Morgan fingerprint density at radius 2 is 2.00 bits per heavy atom. The van der Waals surface area contributed by atoms with E-state index in [0.29, 0.717) is 0 Å². The Hall–Kier alpha value is -1.41. The summed E-state index contributed by atoms with van der Waals surface area (Å²) in [5.41, 5.74) is 2.47. The summed E-state index contributed by atoms with van der Waals surface area (Å²) in [7, 11) is 0. The van der Waals surface area contributed by atoms with Crippen LogP contribution in [0.1, 0.15) is 37.7 Å². The van der Waals surface area contributed by atoms with Crippen molar-refractivity contribution in [1.29, 1.82) is 0 Å². The van der Waals surface area contributed by atoms with Crippen molar-refractivity contribution in [3.05, 3.63) is 42.1 Å². The van der Waals surface area contributed by atoms with E-state index >= 15 is 0 Å². The molecule has 0 amide bonds. The van der Waals surface area contributed by atoms with Gasteiger partial charge in [0.1, 0.15) is 0 Å². The lowest BCUT2D eigenvalue weighted by Gasteiger charge is -2.42. The second-order valence-electron chi connectivity index (χ2n) is 6.53. The first kappa shape index (κ1) is 12.3. The molecule has 3 fully saturated rings. The Morgan fingerprint density at radius 1 is 1.10 bits per heavy atom. The summed E-state index contributed by atoms with van der Waals surface area (Å²) in [4.78, 5) is 4.45. The molecule has 2 aromatic rings. The maximum Gasteiger partial charge on any atom is 0.0705 e. The molecule has 5 rings (SSSR count). The number of fused-ring (bicyclic) bond motifs is 4. The lowest BCUT2D eigenvalue weighted by atomic mass is 9.68. The van der Waals surface area contributed by atoms with E-state index in [1.807, 2.05) is 12.3 Å². The molecule has 0 saturated heterocycles. The Balaban J connectivity index is 1.45. The predicted octanol–water partition coefficient (Wildman–Crippen LogP) is 3.90. The number of rotatable bonds is 3. The minimum absolute atomic E-state index is 0.752. The van der Waals surface area contributed by atoms with Gasteiger partial charge in [0.25, 0.3) is 0 Å². The number of benzene rings is 1. The molecule has 1 atom stereocenters. The van der Waals surface area contributed by atoms with Crippen molar-refractivity contribution in [2.24, 2.45) is 11.8 Å². The molecule has 3 saturated carbocycles. The molecule has 2 nitrogen and oxygen atoms in total. The summed E-state index contributed by atoms with van der Waals surface area (Å²) in [6.07, 6.45) is 9.12. The molecule has 1 N–H and O–H groups in total. The average Bonchev–Trinajstić information content (AvgIpc) is 2.54. The molecule has 2 heteroatoms. The van der Waals surface area contributed by atoms with Gasteiger partial charge in [-0.25, -0.2) is 0 Å². The highest BCUT2D eigenvalue weighted by Crippen LogP contribution is 2.41. The largest absolute Gasteiger partial charge is 0.310 e. The quantitative estimate of drug-likeness (QED) is 0.911. The monoisotopic (exact) mass is 266 g/mol. The van der Waals surface area contributed by atoms with Crippen LogP contribution in [0.15, 0.2) is 36.5 Å². The summed E-state index contributed by atoms with van der Waals surface area (Å²) in [6.45, 7) is 0.987. The molecule has 3 aliphatic rings. The van der Waals surface area contributed by atoms with Crippen LogP contribution >= 0.6 is 0 Å². The van der Waals surface area contributed by atoms with Gasteiger partial charge in [-0.2, -0.15) is 0 Å². The van der Waals surface area contributed by atoms with E-state index in [9.17, 15) is 0 Å². The van der Waals surface area contributed by atoms with Crippen LogP contribution in [0.3, 0.4) is 0 Å². The second-order valence-corrected chi connectivity index (χ2v) is 6.53. The van der Waals surface area contributed by atoms with Crippen molar-refractivity contribution < 1.29 is 0 Å². The Kier molecular flexibility index (Phi) is 3.19. The van der Waals surface area contributed by atoms with Crippen molar-refractivity contribution in [1.82, 2.24) is 10.3 Å². The standard InChI is InChI=1S/C18H22N2/c1-2-15-8-5-14(11-17(15)19-9-1)12-20-18-10-13-3-6-16(18)7-4-13/h1-2,5,8-9,11,13,16,18,20H,3-4,6-7,10,12H2. The number of hydrogen-bond acceptors (Lipinski definition) is 2. The van der Waals surface area contributed by atoms with E-state index in [-0.39, 0.29) is 0 Å². The number of nitrogens with zero attached hydrogens (tertiary/aromatic N) is 1. The van der Waals surface area contributed by atoms with Crippen LogP contribution in [0.5, 0.6) is 0 Å². The van der Waals surface area contributed by atoms with Crippen molar-refractivity contribution in [2.45, 2.75) is 44.7 Å². The van der Waals surface area contributed by atoms with Gasteiger partial charge in [0.2, 0.25) is 0 Å². The summed E-state index contributed by atoms with van der Waals surface area (Å²) < 4.78 is 0. The Labute approximate surface area is 120 Å². The van der Waals surface area contributed by atoms with E-state index in [1.54, 1.807) is 0 Å². The van der Waals surface area contributed by atoms with E-state index in [4.69, 9.17) is 0 Å². The third-order valence-electron chi connectivity index (χ3n) is 5.29. The van der Waals surface area contributed by atoms with Gasteiger partial charge in [-0.3, -0.25) is 4.98 Å². The lowest BCUT2D eigenvalue weighted by Crippen LogP contribution is -2.44. The van der Waals surface area contributed by atoms with Crippen LogP contribution < -0.4 is 5.32 Å². The van der Waals surface area contributed by atoms with Crippen molar-refractivity contribution >= 4 is 10.9 Å². The lowest BCUT2D eigenvalue weighted by molar-refractivity contribution is 0.123. The van der Waals surface area contributed by atoms with E-state index < -0.39 is 0 Å². The van der Waals surface area contributed by atoms with Crippen molar-refractivity contribution in [3.63, 3.8) is 0 Å². The van der Waals surface area contributed by atoms with Crippen LogP contribution in [0.25, 0.3) is 10.9 Å². The number of aromatic nitrogens is 1. The SMILES string of the molecule is c1cnc2cc(CNC3CC4CCC3CC4)ccc2c1. The van der Waals surface area contributed by atoms with Gasteiger partial charge in [0, 0.05) is 24.2 Å². The molecular weight excluding hydrogens is 244 g/mol. The summed E-state index contributed by atoms with van der Waals surface area (Å²) >= 11 is 0. The van der Waals surface area contributed by atoms with Crippen LogP contribution in [0, 0.1) is 11.8 Å². The fraction of sp³-hybridized carbons (Fsp3) is 0.500. The maximum atomic E-state index is 4.45.